The highest BCUT2D eigenvalue weighted by Crippen LogP contribution is 2.25. The summed E-state index contributed by atoms with van der Waals surface area (Å²) < 4.78 is 5.57. The van der Waals surface area contributed by atoms with Crippen LogP contribution in [0.4, 0.5) is 0 Å². The Morgan fingerprint density at radius 1 is 1.27 bits per heavy atom. The second-order valence-electron chi connectivity index (χ2n) is 3.77. The summed E-state index contributed by atoms with van der Waals surface area (Å²) >= 11 is 5.50. The molecule has 1 N–H and O–H groups in total. The Hall–Kier alpha value is -0.730. The monoisotopic (exact) mass is 228 g/mol. The van der Waals surface area contributed by atoms with Gasteiger partial charge >= 0.3 is 0 Å². The van der Waals surface area contributed by atoms with Crippen LogP contribution in [-0.4, -0.2) is 23.7 Å². The van der Waals surface area contributed by atoms with Crippen LogP contribution in [0.25, 0.3) is 0 Å². The van der Waals surface area contributed by atoms with Crippen molar-refractivity contribution in [2.75, 3.05) is 12.5 Å². The van der Waals surface area contributed by atoms with Gasteiger partial charge in [-0.3, -0.25) is 0 Å². The lowest BCUT2D eigenvalue weighted by Gasteiger charge is -2.15. The van der Waals surface area contributed by atoms with Crippen LogP contribution in [0.5, 0.6) is 5.75 Å². The van der Waals surface area contributed by atoms with Gasteiger partial charge in [0.1, 0.15) is 18.5 Å². The van der Waals surface area contributed by atoms with Gasteiger partial charge in [0.25, 0.3) is 0 Å². The molecule has 0 aliphatic heterocycles. The smallest absolute Gasteiger partial charge is 0.125 e. The maximum atomic E-state index is 9.31. The average Bonchev–Trinajstić information content (AvgIpc) is 2.23. The molecule has 1 atom stereocenters. The van der Waals surface area contributed by atoms with Crippen LogP contribution in [0.3, 0.4) is 0 Å². The first-order chi connectivity index (χ1) is 7.06. The van der Waals surface area contributed by atoms with E-state index in [-0.39, 0.29) is 12.5 Å². The lowest BCUT2D eigenvalue weighted by Crippen LogP contribution is -2.19. The van der Waals surface area contributed by atoms with Gasteiger partial charge in [-0.05, 0) is 37.5 Å². The molecule has 0 saturated carbocycles. The molecule has 1 rings (SSSR count). The van der Waals surface area contributed by atoms with E-state index in [0.717, 1.165) is 16.9 Å². The summed E-state index contributed by atoms with van der Waals surface area (Å²) in [4.78, 5) is 0. The Bertz CT molecular complexity index is 337. The highest BCUT2D eigenvalue weighted by molar-refractivity contribution is 6.18. The van der Waals surface area contributed by atoms with E-state index in [2.05, 4.69) is 6.07 Å². The number of hydrogen-bond acceptors (Lipinski definition) is 2. The zero-order chi connectivity index (χ0) is 11.4. The number of rotatable bonds is 4. The molecule has 0 spiro atoms. The van der Waals surface area contributed by atoms with Crippen LogP contribution in [-0.2, 0) is 0 Å². The summed E-state index contributed by atoms with van der Waals surface area (Å²) in [6.07, 6.45) is -0.606. The van der Waals surface area contributed by atoms with Crippen molar-refractivity contribution in [2.45, 2.75) is 26.9 Å². The van der Waals surface area contributed by atoms with E-state index >= 15 is 0 Å². The Balaban J connectivity index is 2.80. The van der Waals surface area contributed by atoms with E-state index in [1.165, 1.54) is 5.56 Å². The summed E-state index contributed by atoms with van der Waals surface area (Å²) in [6, 6.07) is 4.08. The maximum absolute atomic E-state index is 9.31. The summed E-state index contributed by atoms with van der Waals surface area (Å²) in [6.45, 7) is 6.30. The number of benzene rings is 1. The molecule has 0 amide bonds. The molecule has 0 heterocycles. The zero-order valence-electron chi connectivity index (χ0n) is 9.38. The van der Waals surface area contributed by atoms with Crippen molar-refractivity contribution in [1.82, 2.24) is 0 Å². The van der Waals surface area contributed by atoms with Crippen molar-refractivity contribution >= 4 is 11.6 Å². The van der Waals surface area contributed by atoms with Crippen LogP contribution in [0, 0.1) is 20.8 Å². The Labute approximate surface area is 95.8 Å². The average molecular weight is 229 g/mol. The first-order valence-corrected chi connectivity index (χ1v) is 5.53. The van der Waals surface area contributed by atoms with Gasteiger partial charge in [0.2, 0.25) is 0 Å². The molecule has 0 saturated heterocycles. The van der Waals surface area contributed by atoms with Crippen molar-refractivity contribution in [2.24, 2.45) is 0 Å². The second kappa shape index (κ2) is 5.38. The van der Waals surface area contributed by atoms with Gasteiger partial charge < -0.3 is 9.84 Å². The molecule has 1 aromatic carbocycles. The highest BCUT2D eigenvalue weighted by Gasteiger charge is 2.08. The molecule has 0 aromatic heterocycles. The standard InChI is InChI=1S/C12H17ClO2/c1-8-4-5-9(2)12(10(8)3)15-7-11(14)6-13/h4-5,11,14H,6-7H2,1-3H3. The number of hydrogen-bond donors (Lipinski definition) is 1. The normalized spacial score (nSPS) is 12.6. The SMILES string of the molecule is Cc1ccc(C)c(OCC(O)CCl)c1C. The van der Waals surface area contributed by atoms with Crippen molar-refractivity contribution in [3.8, 4) is 5.75 Å². The summed E-state index contributed by atoms with van der Waals surface area (Å²) in [5, 5.41) is 9.31. The largest absolute Gasteiger partial charge is 0.490 e. The molecular formula is C12H17ClO2. The number of aliphatic hydroxyl groups excluding tert-OH is 1. The molecule has 84 valence electrons. The van der Waals surface area contributed by atoms with Crippen LogP contribution >= 0.6 is 11.6 Å². The predicted octanol–water partition coefficient (Wildman–Crippen LogP) is 2.59. The Morgan fingerprint density at radius 2 is 1.87 bits per heavy atom. The minimum absolute atomic E-state index is 0.198. The molecule has 3 heteroatoms. The number of ether oxygens (including phenoxy) is 1. The minimum atomic E-state index is -0.606. The fraction of sp³-hybridized carbons (Fsp3) is 0.500. The van der Waals surface area contributed by atoms with Crippen LogP contribution < -0.4 is 4.74 Å². The second-order valence-corrected chi connectivity index (χ2v) is 4.08. The fourth-order valence-electron chi connectivity index (χ4n) is 1.37. The Morgan fingerprint density at radius 3 is 2.47 bits per heavy atom. The van der Waals surface area contributed by atoms with E-state index in [4.69, 9.17) is 16.3 Å². The molecule has 0 radical (unpaired) electrons. The molecule has 0 aliphatic rings. The van der Waals surface area contributed by atoms with Gasteiger partial charge in [0.15, 0.2) is 0 Å². The van der Waals surface area contributed by atoms with Gasteiger partial charge in [-0.2, -0.15) is 0 Å². The fourth-order valence-corrected chi connectivity index (χ4v) is 1.46. The molecule has 0 bridgehead atoms. The van der Waals surface area contributed by atoms with Crippen molar-refractivity contribution in [3.05, 3.63) is 28.8 Å². The van der Waals surface area contributed by atoms with Gasteiger partial charge in [0.05, 0.1) is 5.88 Å². The van der Waals surface area contributed by atoms with E-state index < -0.39 is 6.10 Å². The van der Waals surface area contributed by atoms with E-state index in [0.29, 0.717) is 0 Å². The number of aliphatic hydroxyl groups is 1. The predicted molar refractivity (Wildman–Crippen MR) is 62.9 cm³/mol. The maximum Gasteiger partial charge on any atom is 0.125 e. The summed E-state index contributed by atoms with van der Waals surface area (Å²) in [5.74, 6) is 1.06. The van der Waals surface area contributed by atoms with Crippen molar-refractivity contribution in [3.63, 3.8) is 0 Å². The van der Waals surface area contributed by atoms with E-state index in [1.54, 1.807) is 0 Å². The van der Waals surface area contributed by atoms with Gasteiger partial charge in [-0.25, -0.2) is 0 Å². The Kier molecular flexibility index (Phi) is 4.43. The first kappa shape index (κ1) is 12.3. The number of alkyl halides is 1. The van der Waals surface area contributed by atoms with E-state index in [9.17, 15) is 5.11 Å². The lowest BCUT2D eigenvalue weighted by atomic mass is 10.1. The van der Waals surface area contributed by atoms with E-state index in [1.807, 2.05) is 26.8 Å². The minimum Gasteiger partial charge on any atom is -0.490 e. The van der Waals surface area contributed by atoms with Crippen LogP contribution in [0.15, 0.2) is 12.1 Å². The summed E-state index contributed by atoms with van der Waals surface area (Å²) in [7, 11) is 0. The highest BCUT2D eigenvalue weighted by atomic mass is 35.5. The van der Waals surface area contributed by atoms with Gasteiger partial charge in [-0.15, -0.1) is 11.6 Å². The van der Waals surface area contributed by atoms with Gasteiger partial charge in [0, 0.05) is 0 Å². The molecule has 15 heavy (non-hydrogen) atoms. The molecule has 2 nitrogen and oxygen atoms in total. The molecule has 0 aliphatic carbocycles. The third-order valence-corrected chi connectivity index (χ3v) is 2.83. The van der Waals surface area contributed by atoms with Crippen LogP contribution in [0.1, 0.15) is 16.7 Å². The molecular weight excluding hydrogens is 212 g/mol. The molecule has 1 unspecified atom stereocenters. The molecule has 1 aromatic rings. The number of halogens is 1. The van der Waals surface area contributed by atoms with Gasteiger partial charge in [-0.1, -0.05) is 12.1 Å². The zero-order valence-corrected chi connectivity index (χ0v) is 10.1. The van der Waals surface area contributed by atoms with Crippen molar-refractivity contribution in [1.29, 1.82) is 0 Å². The summed E-state index contributed by atoms with van der Waals surface area (Å²) in [5.41, 5.74) is 3.40. The quantitative estimate of drug-likeness (QED) is 0.803. The third-order valence-electron chi connectivity index (χ3n) is 2.47. The molecule has 0 fully saturated rings. The third kappa shape index (κ3) is 3.11. The first-order valence-electron chi connectivity index (χ1n) is 5.00. The lowest BCUT2D eigenvalue weighted by molar-refractivity contribution is 0.124. The van der Waals surface area contributed by atoms with Crippen molar-refractivity contribution < 1.29 is 9.84 Å². The number of aryl methyl sites for hydroxylation is 2. The topological polar surface area (TPSA) is 29.5 Å². The van der Waals surface area contributed by atoms with Crippen LogP contribution in [0.2, 0.25) is 0 Å².